The van der Waals surface area contributed by atoms with Crippen molar-refractivity contribution >= 4 is 6.01 Å². The third-order valence-corrected chi connectivity index (χ3v) is 4.47. The largest absolute Gasteiger partial charge is 0.432 e. The van der Waals surface area contributed by atoms with Crippen molar-refractivity contribution in [1.82, 2.24) is 10.3 Å². The van der Waals surface area contributed by atoms with Gasteiger partial charge >= 0.3 is 0 Å². The fourth-order valence-electron chi connectivity index (χ4n) is 3.51. The molecule has 4 heteroatoms. The van der Waals surface area contributed by atoms with Crippen LogP contribution in [-0.2, 0) is 6.54 Å². The summed E-state index contributed by atoms with van der Waals surface area (Å²) in [5.41, 5.74) is 1.02. The molecule has 1 aliphatic heterocycles. The second-order valence-corrected chi connectivity index (χ2v) is 6.25. The van der Waals surface area contributed by atoms with Crippen LogP contribution in [0.2, 0.25) is 0 Å². The Kier molecular flexibility index (Phi) is 3.78. The highest BCUT2D eigenvalue weighted by molar-refractivity contribution is 5.31. The summed E-state index contributed by atoms with van der Waals surface area (Å²) in [6, 6.07) is 2.00. The minimum absolute atomic E-state index is 0.481. The molecule has 2 atom stereocenters. The van der Waals surface area contributed by atoms with E-state index in [1.807, 2.05) is 6.26 Å². The van der Waals surface area contributed by atoms with Crippen LogP contribution >= 0.6 is 0 Å². The van der Waals surface area contributed by atoms with Crippen LogP contribution in [-0.4, -0.2) is 23.6 Å². The predicted octanol–water partition coefficient (Wildman–Crippen LogP) is 2.94. The van der Waals surface area contributed by atoms with Crippen molar-refractivity contribution in [2.75, 3.05) is 11.4 Å². The lowest BCUT2D eigenvalue weighted by atomic mass is 9.92. The van der Waals surface area contributed by atoms with Crippen LogP contribution in [0, 0.1) is 5.92 Å². The lowest BCUT2D eigenvalue weighted by Gasteiger charge is -2.36. The first-order chi connectivity index (χ1) is 9.24. The molecule has 19 heavy (non-hydrogen) atoms. The van der Waals surface area contributed by atoms with Gasteiger partial charge in [-0.15, -0.1) is 0 Å². The van der Waals surface area contributed by atoms with E-state index >= 15 is 0 Å². The summed E-state index contributed by atoms with van der Waals surface area (Å²) in [5.74, 6) is 0.873. The van der Waals surface area contributed by atoms with E-state index in [0.29, 0.717) is 12.1 Å². The van der Waals surface area contributed by atoms with Crippen LogP contribution in [0.1, 0.15) is 51.6 Å². The zero-order chi connectivity index (χ0) is 13.2. The van der Waals surface area contributed by atoms with Gasteiger partial charge in [-0.3, -0.25) is 0 Å². The van der Waals surface area contributed by atoms with E-state index in [4.69, 9.17) is 4.42 Å². The van der Waals surface area contributed by atoms with Gasteiger partial charge in [0.05, 0.1) is 5.69 Å². The summed E-state index contributed by atoms with van der Waals surface area (Å²) in [7, 11) is 0. The van der Waals surface area contributed by atoms with E-state index in [1.54, 1.807) is 0 Å². The van der Waals surface area contributed by atoms with Gasteiger partial charge in [0.2, 0.25) is 0 Å². The van der Waals surface area contributed by atoms with Gasteiger partial charge in [-0.25, -0.2) is 0 Å². The molecule has 1 aromatic heterocycles. The van der Waals surface area contributed by atoms with E-state index < -0.39 is 0 Å². The molecule has 0 aromatic carbocycles. The van der Waals surface area contributed by atoms with Crippen LogP contribution in [0.5, 0.6) is 0 Å². The van der Waals surface area contributed by atoms with Gasteiger partial charge in [0.1, 0.15) is 6.26 Å². The zero-order valence-corrected chi connectivity index (χ0v) is 12.1. The Morgan fingerprint density at radius 3 is 3.05 bits per heavy atom. The maximum Gasteiger partial charge on any atom is 0.297 e. The predicted molar refractivity (Wildman–Crippen MR) is 76.2 cm³/mol. The second-order valence-electron chi connectivity index (χ2n) is 6.25. The van der Waals surface area contributed by atoms with Crippen molar-refractivity contribution in [2.45, 2.75) is 64.6 Å². The Labute approximate surface area is 115 Å². The van der Waals surface area contributed by atoms with E-state index in [9.17, 15) is 0 Å². The van der Waals surface area contributed by atoms with Crippen LogP contribution in [0.15, 0.2) is 10.7 Å². The van der Waals surface area contributed by atoms with Crippen molar-refractivity contribution in [3.05, 3.63) is 12.0 Å². The first-order valence-electron chi connectivity index (χ1n) is 7.68. The van der Waals surface area contributed by atoms with E-state index in [1.165, 1.54) is 32.1 Å². The summed E-state index contributed by atoms with van der Waals surface area (Å²) >= 11 is 0. The summed E-state index contributed by atoms with van der Waals surface area (Å²) in [6.45, 7) is 6.20. The molecule has 1 aromatic rings. The third kappa shape index (κ3) is 2.78. The normalized spacial score (nSPS) is 27.0. The summed E-state index contributed by atoms with van der Waals surface area (Å²) < 4.78 is 5.72. The average molecular weight is 263 g/mol. The standard InChI is InChI=1S/C15H25N3O/c1-11(2)16-9-13-10-19-15(17-13)18-8-4-6-12-5-3-7-14(12)18/h10-12,14,16H,3-9H2,1-2H3. The van der Waals surface area contributed by atoms with Crippen molar-refractivity contribution in [2.24, 2.45) is 5.92 Å². The number of nitrogens with zero attached hydrogens (tertiary/aromatic N) is 2. The smallest absolute Gasteiger partial charge is 0.297 e. The SMILES string of the molecule is CC(C)NCc1coc(N2CCCC3CCCC32)n1. The number of aromatic nitrogens is 1. The van der Waals surface area contributed by atoms with Gasteiger partial charge in [-0.2, -0.15) is 4.98 Å². The molecule has 1 saturated carbocycles. The molecule has 0 spiro atoms. The molecule has 0 radical (unpaired) electrons. The van der Waals surface area contributed by atoms with Crippen LogP contribution in [0.25, 0.3) is 0 Å². The molecule has 1 saturated heterocycles. The molecule has 0 bridgehead atoms. The molecule has 2 aliphatic rings. The lowest BCUT2D eigenvalue weighted by Crippen LogP contribution is -2.42. The van der Waals surface area contributed by atoms with Crippen LogP contribution in [0.3, 0.4) is 0 Å². The summed E-state index contributed by atoms with van der Waals surface area (Å²) in [4.78, 5) is 7.08. The van der Waals surface area contributed by atoms with Gasteiger partial charge in [0.25, 0.3) is 6.01 Å². The number of hydrogen-bond acceptors (Lipinski definition) is 4. The fraction of sp³-hybridized carbons (Fsp3) is 0.800. The van der Waals surface area contributed by atoms with Crippen molar-refractivity contribution in [1.29, 1.82) is 0 Å². The molecule has 3 rings (SSSR count). The molecule has 2 fully saturated rings. The van der Waals surface area contributed by atoms with Gasteiger partial charge in [0, 0.05) is 25.2 Å². The minimum atomic E-state index is 0.481. The molecule has 2 heterocycles. The lowest BCUT2D eigenvalue weighted by molar-refractivity contribution is 0.342. The molecule has 1 N–H and O–H groups in total. The van der Waals surface area contributed by atoms with Gasteiger partial charge in [0.15, 0.2) is 0 Å². The molecule has 0 amide bonds. The summed E-state index contributed by atoms with van der Waals surface area (Å²) in [5, 5.41) is 3.38. The number of anilines is 1. The molecular formula is C15H25N3O. The van der Waals surface area contributed by atoms with Crippen molar-refractivity contribution in [3.63, 3.8) is 0 Å². The highest BCUT2D eigenvalue weighted by atomic mass is 16.4. The van der Waals surface area contributed by atoms with Crippen molar-refractivity contribution < 1.29 is 4.42 Å². The highest BCUT2D eigenvalue weighted by Crippen LogP contribution is 2.38. The Morgan fingerprint density at radius 1 is 1.37 bits per heavy atom. The molecule has 1 aliphatic carbocycles. The molecular weight excluding hydrogens is 238 g/mol. The van der Waals surface area contributed by atoms with Gasteiger partial charge in [-0.1, -0.05) is 20.3 Å². The Bertz CT molecular complexity index is 415. The summed E-state index contributed by atoms with van der Waals surface area (Å²) in [6.07, 6.45) is 8.56. The first-order valence-corrected chi connectivity index (χ1v) is 7.68. The van der Waals surface area contributed by atoms with E-state index in [2.05, 4.69) is 29.0 Å². The maximum atomic E-state index is 5.72. The zero-order valence-electron chi connectivity index (χ0n) is 12.1. The monoisotopic (exact) mass is 263 g/mol. The van der Waals surface area contributed by atoms with Crippen LogP contribution < -0.4 is 10.2 Å². The average Bonchev–Trinajstić information content (AvgIpc) is 3.04. The Balaban J connectivity index is 1.67. The Morgan fingerprint density at radius 2 is 2.21 bits per heavy atom. The van der Waals surface area contributed by atoms with Crippen LogP contribution in [0.4, 0.5) is 6.01 Å². The quantitative estimate of drug-likeness (QED) is 0.907. The first kappa shape index (κ1) is 13.0. The molecule has 2 unspecified atom stereocenters. The maximum absolute atomic E-state index is 5.72. The number of rotatable bonds is 4. The molecule has 4 nitrogen and oxygen atoms in total. The number of fused-ring (bicyclic) bond motifs is 1. The molecule has 106 valence electrons. The van der Waals surface area contributed by atoms with E-state index in [0.717, 1.165) is 30.7 Å². The van der Waals surface area contributed by atoms with Gasteiger partial charge < -0.3 is 14.6 Å². The number of piperidine rings is 1. The highest BCUT2D eigenvalue weighted by Gasteiger charge is 2.36. The number of oxazole rings is 1. The van der Waals surface area contributed by atoms with Gasteiger partial charge in [-0.05, 0) is 31.6 Å². The minimum Gasteiger partial charge on any atom is -0.432 e. The van der Waals surface area contributed by atoms with E-state index in [-0.39, 0.29) is 0 Å². The number of hydrogen-bond donors (Lipinski definition) is 1. The Hall–Kier alpha value is -1.03. The second kappa shape index (κ2) is 5.53. The topological polar surface area (TPSA) is 41.3 Å². The fourth-order valence-corrected chi connectivity index (χ4v) is 3.51. The third-order valence-electron chi connectivity index (χ3n) is 4.47. The van der Waals surface area contributed by atoms with Crippen molar-refractivity contribution in [3.8, 4) is 0 Å². The number of nitrogens with one attached hydrogen (secondary N) is 1.